The number of nitrogens with zero attached hydrogens (tertiary/aromatic N) is 4. The molecular formula is C39H49Ar2N9O8S2-2. The van der Waals surface area contributed by atoms with Crippen molar-refractivity contribution in [3.63, 3.8) is 0 Å². The molecule has 5 heterocycles. The van der Waals surface area contributed by atoms with Gasteiger partial charge in [-0.25, -0.2) is 0 Å². The van der Waals surface area contributed by atoms with Crippen molar-refractivity contribution in [3.05, 3.63) is 73.1 Å². The number of carbonyl (C=O) groups excluding carboxylic acids is 4. The van der Waals surface area contributed by atoms with Gasteiger partial charge in [-0.15, -0.1) is 0 Å². The SMILES string of the molecule is O=C(CC1C(=O)Nc2ccccc2N1S(=O)[O-])NCCC1CCN(c2ccncc2)CC1.O=C(CC1C(=O)Nc2ccccc2N1S(=O)[O-])NCCC1CCNCC1.[Ar].[Ar]. The normalized spacial score (nSPS) is 19.9. The zero-order valence-electron chi connectivity index (χ0n) is 32.7. The molecule has 4 unspecified atom stereocenters. The van der Waals surface area contributed by atoms with Gasteiger partial charge in [0.15, 0.2) is 0 Å². The maximum Gasteiger partial charge on any atom is 0.248 e. The van der Waals surface area contributed by atoms with E-state index in [9.17, 15) is 36.7 Å². The standard InChI is InChI=1S/C22H27N5O4S.C17H24N4O4S.2Ar/c28-21(15-20-22(29)25-18-3-1-2-4-19(18)27(20)32(30)31)24-12-5-16-8-13-26(14-9-16)17-6-10-23-11-7-17;22-16(19-10-7-12-5-8-18-9-6-12)11-15-17(23)20-13-3-1-2-4-14(13)21(15)26(24)25;;/h1-4,6-7,10-11,16,20H,5,8-9,12-15H2,(H,24,28)(H,25,29)(H,30,31);1-4,12,15,18H,5-11H2,(H,19,22)(H,20,23)(H,24,25);;/p-2. The first-order valence-electron chi connectivity index (χ1n) is 19.5. The molecule has 17 nitrogen and oxygen atoms in total. The Balaban J connectivity index is 0.000000261. The van der Waals surface area contributed by atoms with Gasteiger partial charge in [-0.1, -0.05) is 24.3 Å². The number of piperidine rings is 2. The fourth-order valence-electron chi connectivity index (χ4n) is 7.78. The first-order valence-corrected chi connectivity index (χ1v) is 21.6. The number of aromatic nitrogens is 1. The number of amides is 4. The van der Waals surface area contributed by atoms with E-state index < -0.39 is 46.4 Å². The molecule has 4 aliphatic rings. The summed E-state index contributed by atoms with van der Waals surface area (Å²) >= 11 is -5.33. The van der Waals surface area contributed by atoms with Crippen molar-refractivity contribution in [2.75, 3.05) is 63.4 Å². The van der Waals surface area contributed by atoms with E-state index in [1.807, 2.05) is 12.1 Å². The summed E-state index contributed by atoms with van der Waals surface area (Å²) in [5.74, 6) is -0.563. The van der Waals surface area contributed by atoms with Crippen LogP contribution in [0.2, 0.25) is 0 Å². The van der Waals surface area contributed by atoms with E-state index in [-0.39, 0.29) is 100 Å². The average Bonchev–Trinajstić information content (AvgIpc) is 3.22. The summed E-state index contributed by atoms with van der Waals surface area (Å²) in [6.45, 7) is 4.98. The summed E-state index contributed by atoms with van der Waals surface area (Å²) in [5, 5.41) is 14.3. The van der Waals surface area contributed by atoms with Crippen LogP contribution in [0.3, 0.4) is 0 Å². The van der Waals surface area contributed by atoms with Crippen molar-refractivity contribution in [3.8, 4) is 0 Å². The number of hydrogen-bond donors (Lipinski definition) is 5. The Labute approximate surface area is 415 Å². The molecule has 60 heavy (non-hydrogen) atoms. The molecular weight excluding hydrogens is 867 g/mol. The minimum absolute atomic E-state index is 0. The van der Waals surface area contributed by atoms with Crippen LogP contribution < -0.4 is 40.1 Å². The summed E-state index contributed by atoms with van der Waals surface area (Å²) in [4.78, 5) is 55.9. The summed E-state index contributed by atoms with van der Waals surface area (Å²) in [6.07, 6.45) is 9.19. The van der Waals surface area contributed by atoms with Gasteiger partial charge in [0.25, 0.3) is 0 Å². The van der Waals surface area contributed by atoms with Crippen LogP contribution in [0.25, 0.3) is 0 Å². The number of anilines is 5. The van der Waals surface area contributed by atoms with Crippen molar-refractivity contribution in [1.82, 2.24) is 20.9 Å². The third kappa shape index (κ3) is 13.8. The Bertz CT molecular complexity index is 1960. The van der Waals surface area contributed by atoms with E-state index in [0.29, 0.717) is 47.7 Å². The van der Waals surface area contributed by atoms with E-state index in [4.69, 9.17) is 0 Å². The molecule has 0 radical (unpaired) electrons. The second kappa shape index (κ2) is 25.0. The van der Waals surface area contributed by atoms with Crippen LogP contribution >= 0.6 is 0 Å². The Morgan fingerprint density at radius 1 is 0.683 bits per heavy atom. The Morgan fingerprint density at radius 2 is 1.12 bits per heavy atom. The van der Waals surface area contributed by atoms with E-state index in [2.05, 4.69) is 36.5 Å². The van der Waals surface area contributed by atoms with Gasteiger partial charge < -0.3 is 40.6 Å². The molecule has 0 bridgehead atoms. The molecule has 2 aromatic carbocycles. The van der Waals surface area contributed by atoms with Crippen LogP contribution in [0.4, 0.5) is 28.4 Å². The smallest absolute Gasteiger partial charge is 0.248 e. The predicted molar refractivity (Wildman–Crippen MR) is 220 cm³/mol. The van der Waals surface area contributed by atoms with E-state index in [0.717, 1.165) is 73.3 Å². The quantitative estimate of drug-likeness (QED) is 0.156. The van der Waals surface area contributed by atoms with E-state index >= 15 is 0 Å². The van der Waals surface area contributed by atoms with Crippen molar-refractivity contribution in [2.24, 2.45) is 11.8 Å². The van der Waals surface area contributed by atoms with Gasteiger partial charge in [-0.2, -0.15) is 0 Å². The number of nitrogens with one attached hydrogen (secondary N) is 5. The van der Waals surface area contributed by atoms with Gasteiger partial charge in [-0.3, -0.25) is 41.2 Å². The first-order chi connectivity index (χ1) is 28.1. The van der Waals surface area contributed by atoms with Gasteiger partial charge in [0.1, 0.15) is 12.1 Å². The van der Waals surface area contributed by atoms with Gasteiger partial charge in [0.2, 0.25) is 23.6 Å². The molecule has 2 fully saturated rings. The Morgan fingerprint density at radius 3 is 1.57 bits per heavy atom. The fraction of sp³-hybridized carbons (Fsp3) is 0.462. The van der Waals surface area contributed by atoms with Gasteiger partial charge in [0.05, 0.1) is 35.6 Å². The van der Waals surface area contributed by atoms with Gasteiger partial charge >= 0.3 is 0 Å². The average molecular weight is 916 g/mol. The van der Waals surface area contributed by atoms with Crippen LogP contribution in [0.5, 0.6) is 0 Å². The number of rotatable bonds is 13. The zero-order chi connectivity index (χ0) is 41.0. The zero-order valence-corrected chi connectivity index (χ0v) is 35.8. The number of hydrogen-bond acceptors (Lipinski definition) is 11. The van der Waals surface area contributed by atoms with Crippen molar-refractivity contribution in [2.45, 2.75) is 63.5 Å². The molecule has 7 rings (SSSR count). The summed E-state index contributed by atoms with van der Waals surface area (Å²) in [7, 11) is 0. The summed E-state index contributed by atoms with van der Waals surface area (Å²) in [5.41, 5.74) is 2.74. The molecule has 3 aromatic rings. The number of benzene rings is 2. The number of pyridine rings is 1. The molecule has 0 saturated carbocycles. The van der Waals surface area contributed by atoms with Crippen molar-refractivity contribution < 1.29 is 112 Å². The summed E-state index contributed by atoms with van der Waals surface area (Å²) in [6, 6.07) is 15.1. The monoisotopic (exact) mass is 915 g/mol. The third-order valence-corrected chi connectivity index (χ3v) is 12.4. The van der Waals surface area contributed by atoms with Crippen molar-refractivity contribution in [1.29, 1.82) is 0 Å². The minimum Gasteiger partial charge on any atom is -0.755 e. The second-order valence-electron chi connectivity index (χ2n) is 14.6. The molecule has 0 spiro atoms. The van der Waals surface area contributed by atoms with Crippen LogP contribution in [0, 0.1) is 87.3 Å². The maximum atomic E-state index is 12.5. The molecule has 328 valence electrons. The maximum absolute atomic E-state index is 12.5. The second-order valence-corrected chi connectivity index (χ2v) is 16.3. The largest absolute Gasteiger partial charge is 0.755 e. The fourth-order valence-corrected chi connectivity index (χ4v) is 9.17. The molecule has 4 atom stereocenters. The van der Waals surface area contributed by atoms with Gasteiger partial charge in [-0.05, 0) is 99.8 Å². The third-order valence-electron chi connectivity index (χ3n) is 10.9. The van der Waals surface area contributed by atoms with Crippen LogP contribution in [-0.2, 0) is 41.7 Å². The molecule has 1 aromatic heterocycles. The van der Waals surface area contributed by atoms with Gasteiger partial charge in [0, 0.05) is 142 Å². The van der Waals surface area contributed by atoms with Crippen LogP contribution in [0.15, 0.2) is 73.1 Å². The molecule has 4 aliphatic heterocycles. The Kier molecular flexibility index (Phi) is 20.9. The van der Waals surface area contributed by atoms with E-state index in [1.165, 1.54) is 5.69 Å². The molecule has 5 N–H and O–H groups in total. The van der Waals surface area contributed by atoms with Crippen LogP contribution in [0.1, 0.15) is 51.4 Å². The minimum atomic E-state index is -2.68. The number of carbonyl (C=O) groups is 4. The first kappa shape index (κ1) is 50.2. The topological polar surface area (TPSA) is 231 Å². The van der Waals surface area contributed by atoms with Crippen molar-refractivity contribution >= 4 is 74.6 Å². The molecule has 21 heteroatoms. The number of para-hydroxylation sites is 4. The molecule has 0 aliphatic carbocycles. The summed E-state index contributed by atoms with van der Waals surface area (Å²) < 4.78 is 48.9. The van der Waals surface area contributed by atoms with Crippen LogP contribution in [-0.4, -0.2) is 97.5 Å². The predicted octanol–water partition coefficient (Wildman–Crippen LogP) is 2.32. The molecule has 2 saturated heterocycles. The Hall–Kier alpha value is -2.43. The molecule has 4 amide bonds. The number of fused-ring (bicyclic) bond motifs is 2. The van der Waals surface area contributed by atoms with E-state index in [1.54, 1.807) is 60.9 Å².